The molecule has 0 radical (unpaired) electrons. The summed E-state index contributed by atoms with van der Waals surface area (Å²) in [5.74, 6) is 15.1. The average Bonchev–Trinajstić information content (AvgIpc) is 1.75. The zero-order chi connectivity index (χ0) is 76.2. The molecule has 590 valence electrons. The highest BCUT2D eigenvalue weighted by Gasteiger charge is 2.47. The monoisotopic (exact) mass is 1380 g/mol. The fourth-order valence-corrected chi connectivity index (χ4v) is 25.4. The first-order chi connectivity index (χ1) is 44.7. The van der Waals surface area contributed by atoms with Crippen LogP contribution in [-0.4, -0.2) is 0 Å². The van der Waals surface area contributed by atoms with E-state index in [1.54, 1.807) is 6.42 Å². The number of rotatable bonds is 1. The highest BCUT2D eigenvalue weighted by molar-refractivity contribution is 4.98. The first kappa shape index (κ1) is 93.2. The van der Waals surface area contributed by atoms with Gasteiger partial charge in [0.1, 0.15) is 0 Å². The van der Waals surface area contributed by atoms with Crippen molar-refractivity contribution in [3.63, 3.8) is 0 Å². The number of fused-ring (bicyclic) bond motifs is 4. The molecular weight excluding hydrogens is 1190 g/mol. The van der Waals surface area contributed by atoms with Crippen molar-refractivity contribution in [3.05, 3.63) is 0 Å². The fraction of sp³-hybridized carbons (Fsp3) is 1.00. The fourth-order valence-electron chi connectivity index (χ4n) is 25.4. The van der Waals surface area contributed by atoms with Gasteiger partial charge in [0.05, 0.1) is 0 Å². The summed E-state index contributed by atoms with van der Waals surface area (Å²) >= 11 is 0. The molecule has 0 aromatic heterocycles. The molecule has 4 bridgehead atoms. The van der Waals surface area contributed by atoms with E-state index in [4.69, 9.17) is 0 Å². The molecule has 0 spiro atoms. The Morgan fingerprint density at radius 3 is 0.939 bits per heavy atom. The van der Waals surface area contributed by atoms with Crippen molar-refractivity contribution in [2.24, 2.45) is 159 Å². The van der Waals surface area contributed by atoms with E-state index in [1.807, 2.05) is 0 Å². The molecule has 12 fully saturated rings. The molecule has 0 amide bonds. The van der Waals surface area contributed by atoms with Crippen LogP contribution in [0, 0.1) is 159 Å². The van der Waals surface area contributed by atoms with Gasteiger partial charge in [-0.2, -0.15) is 0 Å². The van der Waals surface area contributed by atoms with Crippen LogP contribution in [0.4, 0.5) is 0 Å². The zero-order valence-electron chi connectivity index (χ0n) is 76.2. The normalized spacial score (nSPS) is 36.0. The van der Waals surface area contributed by atoms with Crippen LogP contribution < -0.4 is 0 Å². The van der Waals surface area contributed by atoms with Gasteiger partial charge in [0.15, 0.2) is 0 Å². The van der Waals surface area contributed by atoms with Crippen molar-refractivity contribution in [1.82, 2.24) is 0 Å². The Morgan fingerprint density at radius 1 is 0.303 bits per heavy atom. The van der Waals surface area contributed by atoms with Gasteiger partial charge >= 0.3 is 0 Å². The number of hydrogen-bond donors (Lipinski definition) is 0. The van der Waals surface area contributed by atoms with E-state index in [-0.39, 0.29) is 0 Å². The van der Waals surface area contributed by atoms with Crippen molar-refractivity contribution in [2.75, 3.05) is 0 Å². The van der Waals surface area contributed by atoms with Gasteiger partial charge in [-0.15, -0.1) is 0 Å². The lowest BCUT2D eigenvalue weighted by atomic mass is 9.56. The minimum atomic E-state index is 0.547. The summed E-state index contributed by atoms with van der Waals surface area (Å²) in [6.07, 6.45) is 49.4. The quantitative estimate of drug-likeness (QED) is 0.245. The Bertz CT molecular complexity index is 2100. The summed E-state index contributed by atoms with van der Waals surface area (Å²) in [6.45, 7) is 88.9. The van der Waals surface area contributed by atoms with Gasteiger partial charge in [-0.25, -0.2) is 0 Å². The Morgan fingerprint density at radius 2 is 0.697 bits per heavy atom. The van der Waals surface area contributed by atoms with Crippen molar-refractivity contribution >= 4 is 0 Å². The minimum Gasteiger partial charge on any atom is -0.0651 e. The lowest BCUT2D eigenvalue weighted by molar-refractivity contribution is 0.0202. The van der Waals surface area contributed by atoms with E-state index in [2.05, 4.69) is 256 Å². The predicted octanol–water partition coefficient (Wildman–Crippen LogP) is 34.1. The van der Waals surface area contributed by atoms with Crippen LogP contribution in [0.15, 0.2) is 0 Å². The molecule has 12 aliphatic carbocycles. The van der Waals surface area contributed by atoms with E-state index in [0.717, 1.165) is 94.2 Å². The maximum absolute atomic E-state index is 2.48. The van der Waals surface area contributed by atoms with Crippen molar-refractivity contribution < 1.29 is 0 Å². The largest absolute Gasteiger partial charge is 0.0651 e. The Labute approximate surface area is 629 Å². The van der Waals surface area contributed by atoms with Crippen molar-refractivity contribution in [1.29, 1.82) is 0 Å². The van der Waals surface area contributed by atoms with Gasteiger partial charge in [0, 0.05) is 0 Å². The lowest BCUT2D eigenvalue weighted by Crippen LogP contribution is -2.38. The molecule has 0 aliphatic heterocycles. The van der Waals surface area contributed by atoms with E-state index >= 15 is 0 Å². The third kappa shape index (κ3) is 32.8. The molecule has 0 heterocycles. The van der Waals surface area contributed by atoms with E-state index in [0.29, 0.717) is 65.0 Å². The summed E-state index contributed by atoms with van der Waals surface area (Å²) in [6, 6.07) is 0. The van der Waals surface area contributed by atoms with Gasteiger partial charge in [0.25, 0.3) is 0 Å². The second-order valence-corrected chi connectivity index (χ2v) is 49.5. The van der Waals surface area contributed by atoms with Crippen LogP contribution in [-0.2, 0) is 0 Å². The number of hydrogen-bond acceptors (Lipinski definition) is 0. The second kappa shape index (κ2) is 37.4. The molecule has 10 unspecified atom stereocenters. The second-order valence-electron chi connectivity index (χ2n) is 49.5. The molecule has 0 aromatic rings. The SMILES string of the molecule is CC(C)(C)C1CCC1.CC1(C)CC(C)(C)CC(C)(C)C1.CC1C(C)(C)CCCC1(C)C.CC1C2CCC(C2)C1C.CC1CC(C)(C)CC(C)(C)C1.CC1CC2CCC1(C)C2.CC1CCC(C)(C)CC1.CC1CCCC(C)C1C.CC1CCCCC1(C)C.CCC1CC(C)(C)CC(C)(C)C1. The van der Waals surface area contributed by atoms with E-state index < -0.39 is 0 Å². The average molecular weight is 1380 g/mol. The van der Waals surface area contributed by atoms with Gasteiger partial charge in [0.2, 0.25) is 0 Å². The van der Waals surface area contributed by atoms with Crippen LogP contribution in [0.25, 0.3) is 0 Å². The zero-order valence-corrected chi connectivity index (χ0v) is 76.2. The Kier molecular flexibility index (Phi) is 35.2. The minimum absolute atomic E-state index is 0.547. The Balaban J connectivity index is 0.000000287. The van der Waals surface area contributed by atoms with Crippen LogP contribution in [0.3, 0.4) is 0 Å². The molecule has 0 saturated heterocycles. The van der Waals surface area contributed by atoms with Crippen LogP contribution in [0.2, 0.25) is 0 Å². The summed E-state index contributed by atoms with van der Waals surface area (Å²) in [5.41, 5.74) is 7.78. The summed E-state index contributed by atoms with van der Waals surface area (Å²) in [7, 11) is 0. The van der Waals surface area contributed by atoms with Gasteiger partial charge in [-0.1, -0.05) is 327 Å². The summed E-state index contributed by atoms with van der Waals surface area (Å²) in [5, 5.41) is 0. The topological polar surface area (TPSA) is 0 Å². The van der Waals surface area contributed by atoms with Crippen LogP contribution in [0.1, 0.15) is 474 Å². The molecule has 99 heavy (non-hydrogen) atoms. The third-order valence-electron chi connectivity index (χ3n) is 31.5. The lowest BCUT2D eigenvalue weighted by Gasteiger charge is -2.49. The molecule has 0 aromatic carbocycles. The van der Waals surface area contributed by atoms with Gasteiger partial charge in [-0.3, -0.25) is 0 Å². The van der Waals surface area contributed by atoms with Crippen molar-refractivity contribution in [3.8, 4) is 0 Å². The van der Waals surface area contributed by atoms with Gasteiger partial charge in [-0.05, 0) is 307 Å². The third-order valence-corrected chi connectivity index (χ3v) is 31.5. The molecule has 12 saturated carbocycles. The maximum Gasteiger partial charge on any atom is -0.0297 e. The first-order valence-electron chi connectivity index (χ1n) is 44.7. The summed E-state index contributed by atoms with van der Waals surface area (Å²) in [4.78, 5) is 0. The highest BCUT2D eigenvalue weighted by atomic mass is 14.5. The standard InChI is InChI=1S/2C12H24.2C11H22.2C9H16.3C9H18.C8H16/c1-10(2)7-11(3,4)9-12(5,6)8-10;1-6-10-7-11(2,3)9-12(4,5)8-10;1-9-6-10(2,3)8-11(4,5)7-9;1-9-10(2,3)7-6-8-11(9,4)5;1-7-5-8-3-4-9(7,2)6-8;1-6-7(2)9-4-3-8(6)5-9;1-8-4-6-9(2,3)7-5-8;1-8-6-4-5-7-9(8,2)3;1-7-5-4-6-8(2)9(7)3;1-8(2,3)7-5-4-6-7/h7-9H2,1-6H3;10H,6-9H2,1-5H3;2*9H,6-8H2,1-5H3;7-8H,3-6H2,1-2H3;6-9H,3-5H2,1-2H3;2*8H,4-7H2,1-3H3;7-9H,4-6H2,1-3H3;7H,4-6H2,1-3H3. The molecule has 0 nitrogen and oxygen atoms in total. The van der Waals surface area contributed by atoms with E-state index in [9.17, 15) is 0 Å². The van der Waals surface area contributed by atoms with Crippen LogP contribution >= 0.6 is 0 Å². The molecule has 10 atom stereocenters. The molecule has 12 aliphatic rings. The molecule has 0 N–H and O–H groups in total. The summed E-state index contributed by atoms with van der Waals surface area (Å²) < 4.78 is 0. The molecule has 0 heteroatoms. The molecule has 12 rings (SSSR count). The highest BCUT2D eigenvalue weighted by Crippen LogP contribution is 2.58. The molecular formula is C99H194. The smallest absolute Gasteiger partial charge is 0.0297 e. The van der Waals surface area contributed by atoms with Gasteiger partial charge < -0.3 is 0 Å². The van der Waals surface area contributed by atoms with E-state index in [1.165, 1.54) is 212 Å². The van der Waals surface area contributed by atoms with Crippen LogP contribution in [0.5, 0.6) is 0 Å². The maximum atomic E-state index is 2.48. The Hall–Kier alpha value is 0. The van der Waals surface area contributed by atoms with Crippen molar-refractivity contribution in [2.45, 2.75) is 474 Å². The first-order valence-corrected chi connectivity index (χ1v) is 44.7. The predicted molar refractivity (Wildman–Crippen MR) is 451 cm³/mol.